The molecule has 0 bridgehead atoms. The lowest BCUT2D eigenvalue weighted by atomic mass is 10.1. The molecule has 32 heteroatoms. The van der Waals surface area contributed by atoms with E-state index in [1.807, 2.05) is 0 Å². The van der Waals surface area contributed by atoms with Crippen molar-refractivity contribution in [2.45, 2.75) is 102 Å². The van der Waals surface area contributed by atoms with Gasteiger partial charge in [-0.3, -0.25) is 30.2 Å². The van der Waals surface area contributed by atoms with Gasteiger partial charge < -0.3 is 41.9 Å². The van der Waals surface area contributed by atoms with Crippen molar-refractivity contribution in [3.05, 3.63) is 36.4 Å². The number of rotatable bonds is 17. The number of guanidine groups is 2. The van der Waals surface area contributed by atoms with Crippen molar-refractivity contribution in [2.75, 3.05) is 13.1 Å². The van der Waals surface area contributed by atoms with E-state index in [4.69, 9.17) is 51.1 Å². The van der Waals surface area contributed by atoms with Gasteiger partial charge in [0.2, 0.25) is 11.8 Å². The van der Waals surface area contributed by atoms with Crippen LogP contribution in [0.1, 0.15) is 75.6 Å². The number of nitrogens with one attached hydrogen (secondary N) is 4. The van der Waals surface area contributed by atoms with E-state index in [2.05, 4.69) is 40.6 Å². The number of H-pyrrole nitrogens is 2. The van der Waals surface area contributed by atoms with Gasteiger partial charge in [-0.15, -0.1) is 0 Å². The number of aryl methyl sites for hydroxylation is 2. The number of aromatic amines is 2. The monoisotopic (exact) mass is 956 g/mol. The third-order valence-electron chi connectivity index (χ3n) is 6.45. The number of aromatic nitrogens is 4. The number of nitrogens with two attached hydrogens (primary N) is 2. The number of imidazole rings is 2. The Morgan fingerprint density at radius 1 is 0.500 bits per heavy atom. The summed E-state index contributed by atoms with van der Waals surface area (Å²) in [6.07, 6.45) is -3.74. The highest BCUT2D eigenvalue weighted by Gasteiger charge is 2.40. The zero-order valence-electron chi connectivity index (χ0n) is 32.9. The fourth-order valence-corrected chi connectivity index (χ4v) is 3.55. The topological polar surface area (TPSA) is 342 Å². The van der Waals surface area contributed by atoms with E-state index in [1.54, 1.807) is 25.0 Å². The molecule has 0 spiro atoms. The second-order valence-corrected chi connectivity index (χ2v) is 11.8. The molecule has 0 saturated heterocycles. The molecule has 0 fully saturated rings. The van der Waals surface area contributed by atoms with Gasteiger partial charge in [0.1, 0.15) is 0 Å². The van der Waals surface area contributed by atoms with Crippen LogP contribution in [0.5, 0.6) is 0 Å². The van der Waals surface area contributed by atoms with Gasteiger partial charge in [-0.2, -0.15) is 52.7 Å². The molecule has 366 valence electrons. The summed E-state index contributed by atoms with van der Waals surface area (Å²) in [6, 6.07) is 0. The molecule has 0 atom stereocenters. The molecule has 2 rings (SSSR count). The number of nitrogens with zero attached hydrogens (tertiary/aromatic N) is 4. The first-order valence-electron chi connectivity index (χ1n) is 17.6. The molecule has 0 saturated carbocycles. The fraction of sp³-hybridized carbons (Fsp3) is 0.562. The molecule has 0 radical (unpaired) electrons. The molecule has 0 aliphatic carbocycles. The van der Waals surface area contributed by atoms with Crippen molar-refractivity contribution >= 4 is 47.6 Å². The Labute approximate surface area is 353 Å². The highest BCUT2D eigenvalue weighted by Crippen LogP contribution is 2.15. The van der Waals surface area contributed by atoms with E-state index >= 15 is 0 Å². The number of unbranched alkanes of at least 4 members (excludes halogenated alkanes) is 5. The first-order valence-corrected chi connectivity index (χ1v) is 17.6. The van der Waals surface area contributed by atoms with E-state index < -0.39 is 48.6 Å². The lowest BCUT2D eigenvalue weighted by molar-refractivity contribution is -0.193. The Kier molecular flexibility index (Phi) is 30.9. The lowest BCUT2D eigenvalue weighted by Gasteiger charge is -2.06. The lowest BCUT2D eigenvalue weighted by Crippen LogP contribution is -2.36. The molecule has 0 unspecified atom stereocenters. The summed E-state index contributed by atoms with van der Waals surface area (Å²) < 4.78 is 127. The molecule has 64 heavy (non-hydrogen) atoms. The van der Waals surface area contributed by atoms with E-state index in [9.17, 15) is 62.3 Å². The number of aliphatic imine (C=N–C) groups is 2. The first-order chi connectivity index (χ1) is 29.3. The smallest absolute Gasteiger partial charge is 0.475 e. The van der Waals surface area contributed by atoms with Crippen LogP contribution in [0.15, 0.2) is 35.0 Å². The van der Waals surface area contributed by atoms with E-state index in [1.165, 1.54) is 0 Å². The number of alkyl halides is 12. The number of carbonyl (C=O) groups excluding carboxylic acids is 2. The van der Waals surface area contributed by atoms with Crippen LogP contribution in [0.25, 0.3) is 0 Å². The molecule has 20 nitrogen and oxygen atoms in total. The molecular formula is C32H44F12N10O10. The van der Waals surface area contributed by atoms with Gasteiger partial charge in [0, 0.05) is 49.7 Å². The van der Waals surface area contributed by atoms with Crippen molar-refractivity contribution in [3.63, 3.8) is 0 Å². The Balaban J connectivity index is -0.00000106. The average Bonchev–Trinajstić information content (AvgIpc) is 3.88. The van der Waals surface area contributed by atoms with Crippen LogP contribution in [0.4, 0.5) is 52.7 Å². The quantitative estimate of drug-likeness (QED) is 0.0460. The van der Waals surface area contributed by atoms with Gasteiger partial charge in [0.05, 0.1) is 12.7 Å². The van der Waals surface area contributed by atoms with Crippen molar-refractivity contribution < 1.29 is 102 Å². The molecule has 0 aliphatic heterocycles. The van der Waals surface area contributed by atoms with Gasteiger partial charge in [-0.25, -0.2) is 29.1 Å². The minimum absolute atomic E-state index is 0.109. The zero-order valence-corrected chi connectivity index (χ0v) is 32.9. The van der Waals surface area contributed by atoms with Crippen LogP contribution in [-0.4, -0.2) is 126 Å². The van der Waals surface area contributed by atoms with Crippen LogP contribution in [0, 0.1) is 0 Å². The summed E-state index contributed by atoms with van der Waals surface area (Å²) in [4.78, 5) is 81.9. The predicted octanol–water partition coefficient (Wildman–Crippen LogP) is 4.21. The molecular weight excluding hydrogens is 912 g/mol. The van der Waals surface area contributed by atoms with Crippen LogP contribution in [0.3, 0.4) is 0 Å². The number of halogens is 12. The van der Waals surface area contributed by atoms with Crippen molar-refractivity contribution in [3.8, 4) is 0 Å². The highest BCUT2D eigenvalue weighted by atomic mass is 19.4. The summed E-state index contributed by atoms with van der Waals surface area (Å²) in [5, 5.41) is 33.8. The van der Waals surface area contributed by atoms with Crippen molar-refractivity contribution in [2.24, 2.45) is 21.5 Å². The summed E-state index contributed by atoms with van der Waals surface area (Å²) in [6.45, 7) is 1.10. The molecule has 2 aromatic rings. The molecule has 0 aromatic carbocycles. The average molecular weight is 957 g/mol. The normalized spacial score (nSPS) is 11.7. The van der Waals surface area contributed by atoms with Gasteiger partial charge in [0.15, 0.2) is 11.9 Å². The van der Waals surface area contributed by atoms with Gasteiger partial charge in [-0.05, 0) is 38.5 Å². The molecule has 2 amide bonds. The number of carboxylic acid groups (broad SMARTS) is 4. The number of aliphatic carboxylic acids is 4. The van der Waals surface area contributed by atoms with E-state index in [-0.39, 0.29) is 23.7 Å². The van der Waals surface area contributed by atoms with E-state index in [0.29, 0.717) is 25.9 Å². The Morgan fingerprint density at radius 2 is 0.750 bits per heavy atom. The third-order valence-corrected chi connectivity index (χ3v) is 6.45. The second-order valence-electron chi connectivity index (χ2n) is 11.8. The highest BCUT2D eigenvalue weighted by molar-refractivity contribution is 5.96. The zero-order chi connectivity index (χ0) is 50.2. The number of carboxylic acids is 4. The van der Waals surface area contributed by atoms with Crippen LogP contribution < -0.4 is 22.1 Å². The van der Waals surface area contributed by atoms with Gasteiger partial charge >= 0.3 is 48.6 Å². The maximum Gasteiger partial charge on any atom is 0.490 e. The Hall–Kier alpha value is -6.66. The molecule has 2 heterocycles. The Morgan fingerprint density at radius 3 is 0.969 bits per heavy atom. The van der Waals surface area contributed by atoms with Crippen molar-refractivity contribution in [1.82, 2.24) is 30.6 Å². The number of amides is 2. The minimum Gasteiger partial charge on any atom is -0.475 e. The van der Waals surface area contributed by atoms with Crippen molar-refractivity contribution in [1.29, 1.82) is 0 Å². The van der Waals surface area contributed by atoms with Crippen LogP contribution in [-0.2, 0) is 41.6 Å². The first kappa shape index (κ1) is 61.6. The summed E-state index contributed by atoms with van der Waals surface area (Å²) >= 11 is 0. The molecule has 12 N–H and O–H groups in total. The minimum atomic E-state index is -5.08. The van der Waals surface area contributed by atoms with Gasteiger partial charge in [-0.1, -0.05) is 25.7 Å². The summed E-state index contributed by atoms with van der Waals surface area (Å²) in [5.74, 6) is -10.9. The third kappa shape index (κ3) is 39.5. The largest absolute Gasteiger partial charge is 0.490 e. The summed E-state index contributed by atoms with van der Waals surface area (Å²) in [5.41, 5.74) is 13.6. The van der Waals surface area contributed by atoms with Gasteiger partial charge in [0.25, 0.3) is 0 Å². The summed E-state index contributed by atoms with van der Waals surface area (Å²) in [7, 11) is 0. The standard InChI is InChI=1S/C24H40N10O2.4C2HF3O2/c25-23(29-13-7-9-19-15-27-17-31-19)33-21(35)11-5-3-1-2-4-6-12-22(36)34-24(26)30-14-8-10-20-16-28-18-32-20;4*3-2(4,5)1(6)7/h15-18H,1-14H2,(H,27,31)(H,28,32)(H3,25,29,33,35)(H3,26,30,34,36);4*(H,6,7). The number of hydrogen-bond donors (Lipinski definition) is 10. The van der Waals surface area contributed by atoms with Crippen LogP contribution in [0.2, 0.25) is 0 Å². The fourth-order valence-electron chi connectivity index (χ4n) is 3.55. The molecule has 2 aromatic heterocycles. The van der Waals surface area contributed by atoms with Crippen LogP contribution >= 0.6 is 0 Å². The number of carbonyl (C=O) groups is 6. The Bertz CT molecular complexity index is 1550. The predicted molar refractivity (Wildman–Crippen MR) is 195 cm³/mol. The number of hydrogen-bond acceptors (Lipinski definition) is 10. The van der Waals surface area contributed by atoms with E-state index in [0.717, 1.165) is 75.6 Å². The second kappa shape index (κ2) is 32.1. The molecule has 0 aliphatic rings. The maximum atomic E-state index is 12.0. The maximum absolute atomic E-state index is 12.0. The SMILES string of the molecule is NC(=NCCCc1cnc[nH]1)NC(=O)CCCCCCCCC(=O)NC(N)=NCCCc1cnc[nH]1.O=C(O)C(F)(F)F.O=C(O)C(F)(F)F.O=C(O)C(F)(F)F.O=C(O)C(F)(F)F.